The van der Waals surface area contributed by atoms with Gasteiger partial charge in [-0.3, -0.25) is 14.8 Å². The summed E-state index contributed by atoms with van der Waals surface area (Å²) in [6.07, 6.45) is 3.66. The molecule has 2 aromatic heterocycles. The Morgan fingerprint density at radius 2 is 2.14 bits per heavy atom. The van der Waals surface area contributed by atoms with Crippen molar-refractivity contribution in [1.82, 2.24) is 19.7 Å². The van der Waals surface area contributed by atoms with E-state index in [1.807, 2.05) is 13.1 Å². The molecule has 0 amide bonds. The largest absolute Gasteiger partial charge is 0.362 e. The summed E-state index contributed by atoms with van der Waals surface area (Å²) < 4.78 is 1.77. The van der Waals surface area contributed by atoms with Crippen LogP contribution in [0.15, 0.2) is 12.4 Å². The van der Waals surface area contributed by atoms with Crippen LogP contribution in [0.25, 0.3) is 0 Å². The zero-order valence-electron chi connectivity index (χ0n) is 12.1. The predicted molar refractivity (Wildman–Crippen MR) is 78.4 cm³/mol. The molecule has 0 aliphatic carbocycles. The summed E-state index contributed by atoms with van der Waals surface area (Å²) in [6.45, 7) is 4.60. The van der Waals surface area contributed by atoms with E-state index in [1.54, 1.807) is 24.9 Å². The summed E-state index contributed by atoms with van der Waals surface area (Å²) in [7, 11) is 1.66. The average molecular weight is 291 g/mol. The highest BCUT2D eigenvalue weighted by Gasteiger charge is 2.21. The lowest BCUT2D eigenvalue weighted by molar-refractivity contribution is -0.385. The van der Waals surface area contributed by atoms with Gasteiger partial charge in [0.05, 0.1) is 17.7 Å². The molecule has 112 valence electrons. The number of aryl methyl sites for hydroxylation is 2. The summed E-state index contributed by atoms with van der Waals surface area (Å²) in [6, 6.07) is 0. The topological polar surface area (TPSA) is 111 Å². The number of hydrogen-bond donors (Lipinski definition) is 2. The molecule has 2 aromatic rings. The number of nitrogens with zero attached hydrogens (tertiary/aromatic N) is 5. The molecule has 0 radical (unpaired) electrons. The molecular weight excluding hydrogens is 274 g/mol. The van der Waals surface area contributed by atoms with Crippen molar-refractivity contribution in [2.75, 3.05) is 24.2 Å². The van der Waals surface area contributed by atoms with E-state index in [2.05, 4.69) is 25.7 Å². The molecule has 0 atom stereocenters. The van der Waals surface area contributed by atoms with E-state index < -0.39 is 4.92 Å². The Morgan fingerprint density at radius 1 is 1.38 bits per heavy atom. The van der Waals surface area contributed by atoms with Gasteiger partial charge in [-0.15, -0.1) is 0 Å². The second-order valence-electron chi connectivity index (χ2n) is 4.54. The van der Waals surface area contributed by atoms with Crippen LogP contribution in [-0.2, 0) is 6.54 Å². The maximum absolute atomic E-state index is 11.1. The van der Waals surface area contributed by atoms with Crippen LogP contribution in [0.4, 0.5) is 17.5 Å². The van der Waals surface area contributed by atoms with Gasteiger partial charge in [-0.1, -0.05) is 0 Å². The number of anilines is 2. The SMILES string of the molecule is CNc1nc(C)c([N+](=O)[O-])c(NCCn2cc(C)cn2)n1. The number of nitrogens with one attached hydrogen (secondary N) is 2. The minimum absolute atomic E-state index is 0.106. The van der Waals surface area contributed by atoms with Crippen molar-refractivity contribution >= 4 is 17.5 Å². The van der Waals surface area contributed by atoms with E-state index >= 15 is 0 Å². The van der Waals surface area contributed by atoms with Gasteiger partial charge in [0.2, 0.25) is 11.8 Å². The first kappa shape index (κ1) is 14.7. The Labute approximate surface area is 121 Å². The Bertz CT molecular complexity index is 653. The molecule has 0 unspecified atom stereocenters. The van der Waals surface area contributed by atoms with Crippen molar-refractivity contribution in [3.63, 3.8) is 0 Å². The van der Waals surface area contributed by atoms with Gasteiger partial charge in [0, 0.05) is 19.8 Å². The van der Waals surface area contributed by atoms with Crippen molar-refractivity contribution in [2.24, 2.45) is 0 Å². The third kappa shape index (κ3) is 3.44. The van der Waals surface area contributed by atoms with Crippen molar-refractivity contribution < 1.29 is 4.92 Å². The zero-order chi connectivity index (χ0) is 15.4. The van der Waals surface area contributed by atoms with E-state index in [1.165, 1.54) is 0 Å². The minimum Gasteiger partial charge on any atom is -0.362 e. The molecule has 0 saturated carbocycles. The second kappa shape index (κ2) is 6.16. The Balaban J connectivity index is 2.14. The van der Waals surface area contributed by atoms with Crippen LogP contribution in [0.5, 0.6) is 0 Å². The summed E-state index contributed by atoms with van der Waals surface area (Å²) in [5.41, 5.74) is 1.28. The van der Waals surface area contributed by atoms with Crippen LogP contribution in [0.1, 0.15) is 11.3 Å². The molecule has 2 heterocycles. The molecule has 21 heavy (non-hydrogen) atoms. The Morgan fingerprint density at radius 3 is 2.71 bits per heavy atom. The molecular formula is C12H17N7O2. The van der Waals surface area contributed by atoms with Crippen LogP contribution in [0.2, 0.25) is 0 Å². The first-order valence-corrected chi connectivity index (χ1v) is 6.45. The smallest absolute Gasteiger partial charge is 0.332 e. The lowest BCUT2D eigenvalue weighted by Gasteiger charge is -2.09. The van der Waals surface area contributed by atoms with Crippen molar-refractivity contribution in [3.8, 4) is 0 Å². The molecule has 0 saturated heterocycles. The Hall–Kier alpha value is -2.71. The maximum atomic E-state index is 11.1. The van der Waals surface area contributed by atoms with Crippen molar-refractivity contribution in [3.05, 3.63) is 33.8 Å². The highest BCUT2D eigenvalue weighted by molar-refractivity contribution is 5.60. The summed E-state index contributed by atoms with van der Waals surface area (Å²) in [5.74, 6) is 0.552. The van der Waals surface area contributed by atoms with Gasteiger partial charge < -0.3 is 10.6 Å². The number of aromatic nitrogens is 4. The number of nitro groups is 1. The van der Waals surface area contributed by atoms with E-state index in [0.29, 0.717) is 24.7 Å². The lowest BCUT2D eigenvalue weighted by atomic mass is 10.3. The van der Waals surface area contributed by atoms with Gasteiger partial charge in [-0.2, -0.15) is 10.1 Å². The maximum Gasteiger partial charge on any atom is 0.332 e. The van der Waals surface area contributed by atoms with Gasteiger partial charge in [0.1, 0.15) is 5.69 Å². The van der Waals surface area contributed by atoms with Crippen molar-refractivity contribution in [2.45, 2.75) is 20.4 Å². The third-order valence-electron chi connectivity index (χ3n) is 2.86. The van der Waals surface area contributed by atoms with Gasteiger partial charge in [-0.25, -0.2) is 4.98 Å². The van der Waals surface area contributed by atoms with Gasteiger partial charge >= 0.3 is 5.69 Å². The average Bonchev–Trinajstić information content (AvgIpc) is 2.83. The summed E-state index contributed by atoms with van der Waals surface area (Å²) in [5, 5.41) is 21.0. The monoisotopic (exact) mass is 291 g/mol. The molecule has 0 bridgehead atoms. The van der Waals surface area contributed by atoms with E-state index in [-0.39, 0.29) is 11.5 Å². The molecule has 2 rings (SSSR count). The molecule has 0 spiro atoms. The summed E-state index contributed by atoms with van der Waals surface area (Å²) in [4.78, 5) is 18.8. The van der Waals surface area contributed by atoms with E-state index in [0.717, 1.165) is 5.56 Å². The number of hydrogen-bond acceptors (Lipinski definition) is 7. The van der Waals surface area contributed by atoms with Gasteiger partial charge in [0.25, 0.3) is 0 Å². The fourth-order valence-corrected chi connectivity index (χ4v) is 1.90. The van der Waals surface area contributed by atoms with Gasteiger partial charge in [-0.05, 0) is 19.4 Å². The zero-order valence-corrected chi connectivity index (χ0v) is 12.1. The molecule has 9 heteroatoms. The summed E-state index contributed by atoms with van der Waals surface area (Å²) >= 11 is 0. The van der Waals surface area contributed by atoms with Crippen LogP contribution >= 0.6 is 0 Å². The molecule has 2 N–H and O–H groups in total. The minimum atomic E-state index is -0.477. The first-order chi connectivity index (χ1) is 10.0. The van der Waals surface area contributed by atoms with Crippen LogP contribution in [0.3, 0.4) is 0 Å². The molecule has 0 aromatic carbocycles. The first-order valence-electron chi connectivity index (χ1n) is 6.45. The van der Waals surface area contributed by atoms with Crippen LogP contribution in [0, 0.1) is 24.0 Å². The highest BCUT2D eigenvalue weighted by Crippen LogP contribution is 2.26. The van der Waals surface area contributed by atoms with Crippen LogP contribution < -0.4 is 10.6 Å². The van der Waals surface area contributed by atoms with Crippen molar-refractivity contribution in [1.29, 1.82) is 0 Å². The lowest BCUT2D eigenvalue weighted by Crippen LogP contribution is -2.14. The van der Waals surface area contributed by atoms with Gasteiger partial charge in [0.15, 0.2) is 0 Å². The standard InChI is InChI=1S/C12H17N7O2/c1-8-6-15-18(7-8)5-4-14-11-10(19(20)21)9(2)16-12(13-3)17-11/h6-7H,4-5H2,1-3H3,(H2,13,14,16,17). The highest BCUT2D eigenvalue weighted by atomic mass is 16.6. The van der Waals surface area contributed by atoms with Crippen LogP contribution in [-0.4, -0.2) is 38.3 Å². The molecule has 0 aliphatic heterocycles. The predicted octanol–water partition coefficient (Wildman–Crippen LogP) is 1.35. The Kier molecular flexibility index (Phi) is 4.31. The van der Waals surface area contributed by atoms with E-state index in [9.17, 15) is 10.1 Å². The quantitative estimate of drug-likeness (QED) is 0.610. The molecule has 0 fully saturated rings. The normalized spacial score (nSPS) is 10.4. The number of rotatable bonds is 6. The fourth-order valence-electron chi connectivity index (χ4n) is 1.90. The second-order valence-corrected chi connectivity index (χ2v) is 4.54. The third-order valence-corrected chi connectivity index (χ3v) is 2.86. The molecule has 0 aliphatic rings. The van der Waals surface area contributed by atoms with E-state index in [4.69, 9.17) is 0 Å². The molecule has 9 nitrogen and oxygen atoms in total. The fraction of sp³-hybridized carbons (Fsp3) is 0.417.